The number of sulfonamides is 1. The summed E-state index contributed by atoms with van der Waals surface area (Å²) in [5, 5.41) is 11.3. The lowest BCUT2D eigenvalue weighted by molar-refractivity contribution is 0.0528. The van der Waals surface area contributed by atoms with Gasteiger partial charge in [-0.3, -0.25) is 0 Å². The first-order valence-electron chi connectivity index (χ1n) is 6.72. The Morgan fingerprint density at radius 2 is 1.91 bits per heavy atom. The summed E-state index contributed by atoms with van der Waals surface area (Å²) >= 11 is 0.891. The number of alkyl carbamates (subject to hydrolysis) is 1. The number of nitrogens with one attached hydrogen (secondary N) is 2. The number of rotatable bonds is 6. The van der Waals surface area contributed by atoms with E-state index in [1.807, 2.05) is 0 Å². The Bertz CT molecular complexity index is 688. The molecule has 10 heteroatoms. The molecule has 0 bridgehead atoms. The lowest BCUT2D eigenvalue weighted by atomic mass is 10.2. The molecule has 130 valence electrons. The zero-order chi connectivity index (χ0) is 17.8. The third-order valence-electron chi connectivity index (χ3n) is 2.46. The van der Waals surface area contributed by atoms with Gasteiger partial charge in [0, 0.05) is 18.0 Å². The van der Waals surface area contributed by atoms with E-state index in [0.717, 1.165) is 17.4 Å². The topological polar surface area (TPSA) is 122 Å². The predicted molar refractivity (Wildman–Crippen MR) is 85.4 cm³/mol. The summed E-state index contributed by atoms with van der Waals surface area (Å²) in [6, 6.07) is 1.12. The van der Waals surface area contributed by atoms with E-state index >= 15 is 0 Å². The number of carbonyl (C=O) groups excluding carboxylic acids is 1. The van der Waals surface area contributed by atoms with Gasteiger partial charge in [0.1, 0.15) is 10.5 Å². The molecule has 0 aliphatic heterocycles. The Labute approximate surface area is 138 Å². The molecule has 0 fully saturated rings. The Morgan fingerprint density at radius 3 is 2.39 bits per heavy atom. The molecule has 1 aromatic heterocycles. The molecule has 1 rings (SSSR count). The van der Waals surface area contributed by atoms with E-state index in [4.69, 9.17) is 9.84 Å². The number of hydrogen-bond acceptors (Lipinski definition) is 6. The second-order valence-electron chi connectivity index (χ2n) is 5.66. The lowest BCUT2D eigenvalue weighted by Crippen LogP contribution is -2.37. The van der Waals surface area contributed by atoms with Crippen LogP contribution >= 0.6 is 11.3 Å². The SMILES string of the molecule is Cc1sc(C(=O)O)cc1S(=O)(=O)NCCNC(=O)OC(C)(C)C. The van der Waals surface area contributed by atoms with E-state index < -0.39 is 27.7 Å². The highest BCUT2D eigenvalue weighted by molar-refractivity contribution is 7.89. The summed E-state index contributed by atoms with van der Waals surface area (Å²) in [7, 11) is -3.83. The number of amides is 1. The van der Waals surface area contributed by atoms with Crippen molar-refractivity contribution in [3.63, 3.8) is 0 Å². The third kappa shape index (κ3) is 6.16. The summed E-state index contributed by atoms with van der Waals surface area (Å²) in [6.45, 7) is 6.69. The van der Waals surface area contributed by atoms with Crippen LogP contribution in [0.25, 0.3) is 0 Å². The minimum atomic E-state index is -3.83. The summed E-state index contributed by atoms with van der Waals surface area (Å²) in [5.41, 5.74) is -0.634. The fraction of sp³-hybridized carbons (Fsp3) is 0.538. The fourth-order valence-electron chi connectivity index (χ4n) is 1.58. The molecule has 1 aromatic rings. The molecule has 0 radical (unpaired) electrons. The highest BCUT2D eigenvalue weighted by Crippen LogP contribution is 2.25. The number of aryl methyl sites for hydroxylation is 1. The maximum atomic E-state index is 12.1. The van der Waals surface area contributed by atoms with Gasteiger partial charge in [0.25, 0.3) is 0 Å². The molecule has 0 aliphatic rings. The van der Waals surface area contributed by atoms with Gasteiger partial charge in [-0.1, -0.05) is 0 Å². The highest BCUT2D eigenvalue weighted by Gasteiger charge is 2.22. The van der Waals surface area contributed by atoms with Crippen molar-refractivity contribution in [1.29, 1.82) is 0 Å². The summed E-state index contributed by atoms with van der Waals surface area (Å²) in [5.74, 6) is -1.17. The molecule has 0 aromatic carbocycles. The molecular weight excluding hydrogens is 344 g/mol. The molecule has 0 aliphatic carbocycles. The minimum Gasteiger partial charge on any atom is -0.477 e. The van der Waals surface area contributed by atoms with Crippen molar-refractivity contribution in [3.8, 4) is 0 Å². The van der Waals surface area contributed by atoms with E-state index in [1.165, 1.54) is 6.92 Å². The molecule has 0 spiro atoms. The zero-order valence-electron chi connectivity index (χ0n) is 13.3. The smallest absolute Gasteiger partial charge is 0.407 e. The maximum Gasteiger partial charge on any atom is 0.407 e. The van der Waals surface area contributed by atoms with E-state index in [-0.39, 0.29) is 22.9 Å². The molecule has 1 heterocycles. The fourth-order valence-corrected chi connectivity index (χ4v) is 4.04. The number of carbonyl (C=O) groups is 2. The monoisotopic (exact) mass is 364 g/mol. The first kappa shape index (κ1) is 19.4. The van der Waals surface area contributed by atoms with Gasteiger partial charge in [0.15, 0.2) is 0 Å². The van der Waals surface area contributed by atoms with Gasteiger partial charge in [0.2, 0.25) is 10.0 Å². The molecule has 23 heavy (non-hydrogen) atoms. The normalized spacial score (nSPS) is 12.0. The van der Waals surface area contributed by atoms with E-state index in [9.17, 15) is 18.0 Å². The van der Waals surface area contributed by atoms with Gasteiger partial charge in [-0.15, -0.1) is 11.3 Å². The lowest BCUT2D eigenvalue weighted by Gasteiger charge is -2.19. The Balaban J connectivity index is 2.57. The largest absolute Gasteiger partial charge is 0.477 e. The van der Waals surface area contributed by atoms with E-state index in [0.29, 0.717) is 4.88 Å². The van der Waals surface area contributed by atoms with Crippen molar-refractivity contribution >= 4 is 33.4 Å². The van der Waals surface area contributed by atoms with Crippen LogP contribution in [0.1, 0.15) is 35.3 Å². The highest BCUT2D eigenvalue weighted by atomic mass is 32.2. The van der Waals surface area contributed by atoms with Gasteiger partial charge in [0.05, 0.1) is 4.90 Å². The van der Waals surface area contributed by atoms with Gasteiger partial charge < -0.3 is 15.2 Å². The van der Waals surface area contributed by atoms with Crippen LogP contribution in [0.3, 0.4) is 0 Å². The molecule has 0 saturated heterocycles. The van der Waals surface area contributed by atoms with Crippen molar-refractivity contribution in [3.05, 3.63) is 15.8 Å². The molecule has 0 saturated carbocycles. The van der Waals surface area contributed by atoms with Crippen LogP contribution in [-0.2, 0) is 14.8 Å². The van der Waals surface area contributed by atoms with Crippen LogP contribution in [0.15, 0.2) is 11.0 Å². The van der Waals surface area contributed by atoms with Crippen molar-refractivity contribution < 1.29 is 27.9 Å². The van der Waals surface area contributed by atoms with Crippen LogP contribution in [0.4, 0.5) is 4.79 Å². The number of hydrogen-bond donors (Lipinski definition) is 3. The molecule has 3 N–H and O–H groups in total. The molecule has 0 unspecified atom stereocenters. The van der Waals surface area contributed by atoms with Crippen LogP contribution in [-0.4, -0.2) is 44.3 Å². The average molecular weight is 364 g/mol. The number of carboxylic acids is 1. The average Bonchev–Trinajstić information content (AvgIpc) is 2.76. The van der Waals surface area contributed by atoms with Crippen LogP contribution in [0.2, 0.25) is 0 Å². The molecule has 1 amide bonds. The Hall–Kier alpha value is -1.65. The van der Waals surface area contributed by atoms with Crippen molar-refractivity contribution in [2.75, 3.05) is 13.1 Å². The minimum absolute atomic E-state index is 0.0424. The van der Waals surface area contributed by atoms with Gasteiger partial charge in [-0.05, 0) is 33.8 Å². The van der Waals surface area contributed by atoms with Crippen LogP contribution in [0, 0.1) is 6.92 Å². The number of ether oxygens (including phenoxy) is 1. The van der Waals surface area contributed by atoms with Gasteiger partial charge in [-0.2, -0.15) is 0 Å². The van der Waals surface area contributed by atoms with Crippen molar-refractivity contribution in [1.82, 2.24) is 10.0 Å². The third-order valence-corrected chi connectivity index (χ3v) is 5.21. The second-order valence-corrected chi connectivity index (χ2v) is 8.65. The molecule has 8 nitrogen and oxygen atoms in total. The van der Waals surface area contributed by atoms with E-state index in [2.05, 4.69) is 10.0 Å². The first-order valence-corrected chi connectivity index (χ1v) is 9.02. The zero-order valence-corrected chi connectivity index (χ0v) is 14.9. The first-order chi connectivity index (χ1) is 10.4. The van der Waals surface area contributed by atoms with Gasteiger partial charge in [-0.25, -0.2) is 22.7 Å². The molecular formula is C13H20N2O6S2. The number of carboxylic acid groups (broad SMARTS) is 1. The summed E-state index contributed by atoms with van der Waals surface area (Å²) in [4.78, 5) is 22.6. The van der Waals surface area contributed by atoms with Crippen molar-refractivity contribution in [2.45, 2.75) is 38.2 Å². The number of aromatic carboxylic acids is 1. The standard InChI is InChI=1S/C13H20N2O6S2/c1-8-10(7-9(22-8)11(16)17)23(19,20)15-6-5-14-12(18)21-13(2,3)4/h7,15H,5-6H2,1-4H3,(H,14,18)(H,16,17). The van der Waals surface area contributed by atoms with Crippen LogP contribution in [0.5, 0.6) is 0 Å². The molecule has 0 atom stereocenters. The van der Waals surface area contributed by atoms with Crippen molar-refractivity contribution in [2.24, 2.45) is 0 Å². The predicted octanol–water partition coefficient (Wildman–Crippen LogP) is 1.56. The quantitative estimate of drug-likeness (QED) is 0.659. The number of thiophene rings is 1. The summed E-state index contributed by atoms with van der Waals surface area (Å²) < 4.78 is 31.6. The summed E-state index contributed by atoms with van der Waals surface area (Å²) in [6.07, 6.45) is -0.642. The second kappa shape index (κ2) is 7.28. The maximum absolute atomic E-state index is 12.1. The van der Waals surface area contributed by atoms with Crippen LogP contribution < -0.4 is 10.0 Å². The Morgan fingerprint density at radius 1 is 1.30 bits per heavy atom. The Kier molecular flexibility index (Phi) is 6.14. The van der Waals surface area contributed by atoms with Gasteiger partial charge >= 0.3 is 12.1 Å². The van der Waals surface area contributed by atoms with E-state index in [1.54, 1.807) is 20.8 Å².